The zero-order valence-electron chi connectivity index (χ0n) is 8.01. The quantitative estimate of drug-likeness (QED) is 0.400. The summed E-state index contributed by atoms with van der Waals surface area (Å²) in [6, 6.07) is 0. The number of carbonyl (C=O) groups excluding carboxylic acids is 1. The van der Waals surface area contributed by atoms with E-state index in [1.165, 1.54) is 11.1 Å². The molecule has 0 aliphatic rings. The molecule has 0 radical (unpaired) electrons. The summed E-state index contributed by atoms with van der Waals surface area (Å²) in [7, 11) is 3.16. The van der Waals surface area contributed by atoms with Crippen LogP contribution >= 0.6 is 11.3 Å². The molecule has 72 valence electrons. The first kappa shape index (κ1) is 13.8. The van der Waals surface area contributed by atoms with Crippen molar-refractivity contribution in [1.29, 1.82) is 0 Å². The van der Waals surface area contributed by atoms with E-state index in [4.69, 9.17) is 0 Å². The third-order valence-corrected chi connectivity index (χ3v) is 3.11. The van der Waals surface area contributed by atoms with E-state index in [-0.39, 0.29) is 34.0 Å². The third-order valence-electron chi connectivity index (χ3n) is 1.24. The van der Waals surface area contributed by atoms with Crippen LogP contribution in [0.5, 0.6) is 0 Å². The first-order chi connectivity index (χ1) is 6.02. The fraction of sp³-hybridized carbons (Fsp3) is 0.333. The van der Waals surface area contributed by atoms with Gasteiger partial charge in [0.15, 0.2) is 5.01 Å². The van der Waals surface area contributed by atoms with Gasteiger partial charge in [-0.05, 0) is 11.1 Å². The summed E-state index contributed by atoms with van der Waals surface area (Å²) in [5, 5.41) is 0.184. The Hall–Kier alpha value is -0.193. The molecule has 0 bridgehead atoms. The maximum Gasteiger partial charge on any atom is 1.00 e. The smallest absolute Gasteiger partial charge is 0.768 e. The SMILES string of the molecule is CN(C)C(=O)c1ncc(S(=O)[O-])s1.[Li+]. The number of aromatic nitrogens is 1. The van der Waals surface area contributed by atoms with Crippen molar-refractivity contribution >= 4 is 28.3 Å². The molecule has 0 saturated heterocycles. The average Bonchev–Trinajstić information content (AvgIpc) is 2.50. The van der Waals surface area contributed by atoms with Crippen LogP contribution in [0.4, 0.5) is 0 Å². The van der Waals surface area contributed by atoms with Crippen LogP contribution in [0.15, 0.2) is 10.4 Å². The number of thiazole rings is 1. The maximum atomic E-state index is 11.3. The summed E-state index contributed by atoms with van der Waals surface area (Å²) in [5.41, 5.74) is 0. The summed E-state index contributed by atoms with van der Waals surface area (Å²) in [5.74, 6) is -0.290. The Labute approximate surface area is 100.0 Å². The fourth-order valence-electron chi connectivity index (χ4n) is 0.627. The molecular weight excluding hydrogens is 219 g/mol. The van der Waals surface area contributed by atoms with Gasteiger partial charge in [-0.15, -0.1) is 11.3 Å². The van der Waals surface area contributed by atoms with E-state index in [9.17, 15) is 13.6 Å². The van der Waals surface area contributed by atoms with Crippen molar-refractivity contribution in [2.45, 2.75) is 4.21 Å². The maximum absolute atomic E-state index is 11.3. The molecule has 1 atom stereocenters. The van der Waals surface area contributed by atoms with E-state index < -0.39 is 11.1 Å². The van der Waals surface area contributed by atoms with Crippen LogP contribution in [-0.2, 0) is 11.1 Å². The van der Waals surface area contributed by atoms with Gasteiger partial charge in [0.05, 0.1) is 10.4 Å². The Balaban J connectivity index is 0.00000169. The average molecular weight is 226 g/mol. The van der Waals surface area contributed by atoms with Crippen molar-refractivity contribution in [2.75, 3.05) is 14.1 Å². The predicted molar refractivity (Wildman–Crippen MR) is 47.3 cm³/mol. The molecule has 1 aromatic heterocycles. The second-order valence-electron chi connectivity index (χ2n) is 2.42. The van der Waals surface area contributed by atoms with Crippen molar-refractivity contribution in [2.24, 2.45) is 0 Å². The summed E-state index contributed by atoms with van der Waals surface area (Å²) >= 11 is -1.44. The minimum absolute atomic E-state index is 0. The summed E-state index contributed by atoms with van der Waals surface area (Å²) in [6.45, 7) is 0. The Morgan fingerprint density at radius 1 is 1.64 bits per heavy atom. The number of hydrogen-bond acceptors (Lipinski definition) is 5. The molecule has 0 N–H and O–H groups in total. The zero-order valence-corrected chi connectivity index (χ0v) is 9.65. The second kappa shape index (κ2) is 5.63. The topological polar surface area (TPSA) is 73.3 Å². The molecule has 0 spiro atoms. The first-order valence-corrected chi connectivity index (χ1v) is 5.18. The molecule has 1 aromatic rings. The number of amides is 1. The van der Waals surface area contributed by atoms with Gasteiger partial charge in [-0.2, -0.15) is 0 Å². The van der Waals surface area contributed by atoms with Gasteiger partial charge in [-0.1, -0.05) is 0 Å². The molecule has 5 nitrogen and oxygen atoms in total. The van der Waals surface area contributed by atoms with Crippen LogP contribution in [0.25, 0.3) is 0 Å². The van der Waals surface area contributed by atoms with Gasteiger partial charge in [0, 0.05) is 14.1 Å². The Morgan fingerprint density at radius 2 is 2.21 bits per heavy atom. The largest absolute Gasteiger partial charge is 1.00 e. The van der Waals surface area contributed by atoms with E-state index >= 15 is 0 Å². The zero-order chi connectivity index (χ0) is 10.0. The monoisotopic (exact) mass is 226 g/mol. The molecule has 0 aliphatic carbocycles. The van der Waals surface area contributed by atoms with Crippen LogP contribution < -0.4 is 18.9 Å². The van der Waals surface area contributed by atoms with Crippen LogP contribution in [-0.4, -0.2) is 38.6 Å². The molecule has 1 heterocycles. The molecule has 8 heteroatoms. The van der Waals surface area contributed by atoms with Gasteiger partial charge in [0.25, 0.3) is 5.91 Å². The minimum atomic E-state index is -2.30. The number of nitrogens with zero attached hydrogens (tertiary/aromatic N) is 2. The number of rotatable bonds is 2. The number of hydrogen-bond donors (Lipinski definition) is 0. The summed E-state index contributed by atoms with van der Waals surface area (Å²) in [4.78, 5) is 16.3. The molecular formula is C6H7LiN2O3S2. The summed E-state index contributed by atoms with van der Waals surface area (Å²) < 4.78 is 21.0. The van der Waals surface area contributed by atoms with Crippen molar-refractivity contribution < 1.29 is 32.4 Å². The van der Waals surface area contributed by atoms with Crippen molar-refractivity contribution in [3.05, 3.63) is 11.2 Å². The van der Waals surface area contributed by atoms with Gasteiger partial charge in [-0.3, -0.25) is 9.00 Å². The molecule has 0 aliphatic heterocycles. The standard InChI is InChI=1S/C6H8N2O3S2.Li/c1-8(2)6(9)5-7-3-4(12-5)13(10)11;/h3H,1-2H3,(H,10,11);/q;+1/p-1. The molecule has 0 saturated carbocycles. The van der Waals surface area contributed by atoms with E-state index in [1.54, 1.807) is 14.1 Å². The first-order valence-electron chi connectivity index (χ1n) is 3.29. The van der Waals surface area contributed by atoms with Crippen molar-refractivity contribution in [3.63, 3.8) is 0 Å². The van der Waals surface area contributed by atoms with Crippen LogP contribution in [0.2, 0.25) is 0 Å². The Morgan fingerprint density at radius 3 is 2.57 bits per heavy atom. The molecule has 1 unspecified atom stereocenters. The van der Waals surface area contributed by atoms with E-state index in [0.717, 1.165) is 11.3 Å². The van der Waals surface area contributed by atoms with Crippen LogP contribution in [0, 0.1) is 0 Å². The summed E-state index contributed by atoms with van der Waals surface area (Å²) in [6.07, 6.45) is 1.17. The predicted octanol–water partition coefficient (Wildman–Crippen LogP) is -2.91. The van der Waals surface area contributed by atoms with Gasteiger partial charge in [0.1, 0.15) is 0 Å². The molecule has 0 aromatic carbocycles. The number of carbonyl (C=O) groups is 1. The van der Waals surface area contributed by atoms with E-state index in [0.29, 0.717) is 0 Å². The third kappa shape index (κ3) is 3.19. The molecule has 14 heavy (non-hydrogen) atoms. The van der Waals surface area contributed by atoms with E-state index in [2.05, 4.69) is 4.98 Å². The Kier molecular flexibility index (Phi) is 5.55. The van der Waals surface area contributed by atoms with Crippen molar-refractivity contribution in [3.8, 4) is 0 Å². The van der Waals surface area contributed by atoms with Crippen LogP contribution in [0.1, 0.15) is 9.80 Å². The van der Waals surface area contributed by atoms with Gasteiger partial charge in [-0.25, -0.2) is 4.98 Å². The van der Waals surface area contributed by atoms with Gasteiger partial charge >= 0.3 is 18.9 Å². The fourth-order valence-corrected chi connectivity index (χ4v) is 1.95. The van der Waals surface area contributed by atoms with Gasteiger partial charge < -0.3 is 9.45 Å². The Bertz CT molecular complexity index is 353. The minimum Gasteiger partial charge on any atom is -0.768 e. The molecule has 0 fully saturated rings. The molecule has 1 rings (SSSR count). The van der Waals surface area contributed by atoms with Crippen molar-refractivity contribution in [1.82, 2.24) is 9.88 Å². The molecule has 1 amide bonds. The van der Waals surface area contributed by atoms with E-state index in [1.807, 2.05) is 0 Å². The normalized spacial score (nSPS) is 11.6. The van der Waals surface area contributed by atoms with Crippen LogP contribution in [0.3, 0.4) is 0 Å². The second-order valence-corrected chi connectivity index (χ2v) is 4.62. The van der Waals surface area contributed by atoms with Gasteiger partial charge in [0.2, 0.25) is 0 Å².